The van der Waals surface area contributed by atoms with Gasteiger partial charge in [-0.1, -0.05) is 27.7 Å². The number of carboxylic acids is 1. The summed E-state index contributed by atoms with van der Waals surface area (Å²) in [5.41, 5.74) is 3.79. The van der Waals surface area contributed by atoms with Gasteiger partial charge in [-0.15, -0.1) is 13.2 Å². The molecule has 3 aromatic rings. The number of hydrogen-bond donors (Lipinski definition) is 2. The van der Waals surface area contributed by atoms with E-state index in [0.717, 1.165) is 36.2 Å². The maximum atomic E-state index is 12.6. The summed E-state index contributed by atoms with van der Waals surface area (Å²) in [6.45, 7) is 8.76. The van der Waals surface area contributed by atoms with E-state index in [-0.39, 0.29) is 23.6 Å². The highest BCUT2D eigenvalue weighted by Gasteiger charge is 2.35. The molecular formula is C27H33F3N4O3. The van der Waals surface area contributed by atoms with Gasteiger partial charge in [0.15, 0.2) is 5.65 Å². The Balaban J connectivity index is 1.77. The van der Waals surface area contributed by atoms with Gasteiger partial charge in [-0.2, -0.15) is 0 Å². The molecule has 1 aliphatic rings. The summed E-state index contributed by atoms with van der Waals surface area (Å²) in [5, 5.41) is 12.4. The number of alkyl halides is 3. The first kappa shape index (κ1) is 26.8. The predicted molar refractivity (Wildman–Crippen MR) is 135 cm³/mol. The van der Waals surface area contributed by atoms with Gasteiger partial charge < -0.3 is 15.2 Å². The Hall–Kier alpha value is -3.30. The van der Waals surface area contributed by atoms with E-state index >= 15 is 0 Å². The third-order valence-corrected chi connectivity index (χ3v) is 6.85. The van der Waals surface area contributed by atoms with Gasteiger partial charge >= 0.3 is 12.3 Å². The Morgan fingerprint density at radius 2 is 1.92 bits per heavy atom. The van der Waals surface area contributed by atoms with Crippen molar-refractivity contribution in [2.75, 3.05) is 5.32 Å². The number of rotatable bonds is 8. The standard InChI is InChI=1S/C27H33F3N4O3/c1-5-21-17(6-11-23(35)36)13-22-24(32-21)34(19-12-16(2)14-26(3,4)15-19)25(33-22)31-18-7-9-20(10-8-18)37-27(28,29)30/h7-10,13,16,19H,5-6,11-12,14-15H2,1-4H3,(H,31,33)(H,35,36). The minimum atomic E-state index is -4.76. The van der Waals surface area contributed by atoms with Crippen LogP contribution in [0.4, 0.5) is 24.8 Å². The second-order valence-corrected chi connectivity index (χ2v) is 10.8. The van der Waals surface area contributed by atoms with Crippen LogP contribution in [-0.4, -0.2) is 32.0 Å². The number of aromatic nitrogens is 3. The first-order valence-electron chi connectivity index (χ1n) is 12.6. The maximum absolute atomic E-state index is 12.6. The second kappa shape index (κ2) is 10.2. The number of imidazole rings is 1. The predicted octanol–water partition coefficient (Wildman–Crippen LogP) is 7.04. The Morgan fingerprint density at radius 1 is 1.22 bits per heavy atom. The summed E-state index contributed by atoms with van der Waals surface area (Å²) in [5.74, 6) is -0.115. The lowest BCUT2D eigenvalue weighted by Crippen LogP contribution is -2.30. The molecule has 1 saturated carbocycles. The van der Waals surface area contributed by atoms with E-state index in [2.05, 4.69) is 35.4 Å². The largest absolute Gasteiger partial charge is 0.573 e. The SMILES string of the molecule is CCc1nc2c(cc1CCC(=O)O)nc(Nc1ccc(OC(F)(F)F)cc1)n2C1CC(C)CC(C)(C)C1. The van der Waals surface area contributed by atoms with E-state index in [0.29, 0.717) is 35.9 Å². The number of nitrogens with one attached hydrogen (secondary N) is 1. The lowest BCUT2D eigenvalue weighted by Gasteiger charge is -2.40. The molecule has 1 aliphatic carbocycles. The van der Waals surface area contributed by atoms with Crippen LogP contribution < -0.4 is 10.1 Å². The van der Waals surface area contributed by atoms with E-state index in [4.69, 9.17) is 15.1 Å². The summed E-state index contributed by atoms with van der Waals surface area (Å²) >= 11 is 0. The van der Waals surface area contributed by atoms with Crippen LogP contribution in [0.5, 0.6) is 5.75 Å². The molecule has 7 nitrogen and oxygen atoms in total. The highest BCUT2D eigenvalue weighted by Crippen LogP contribution is 2.46. The van der Waals surface area contributed by atoms with Crippen molar-refractivity contribution >= 4 is 28.8 Å². The fourth-order valence-electron chi connectivity index (χ4n) is 5.66. The molecule has 2 unspecified atom stereocenters. The molecule has 1 aromatic carbocycles. The van der Waals surface area contributed by atoms with Gasteiger partial charge in [0.25, 0.3) is 0 Å². The van der Waals surface area contributed by atoms with Crippen molar-refractivity contribution in [1.29, 1.82) is 0 Å². The Morgan fingerprint density at radius 3 is 2.51 bits per heavy atom. The van der Waals surface area contributed by atoms with Crippen molar-refractivity contribution in [2.45, 2.75) is 78.6 Å². The number of carbonyl (C=O) groups is 1. The van der Waals surface area contributed by atoms with Crippen LogP contribution in [0.25, 0.3) is 11.2 Å². The number of ether oxygens (including phenoxy) is 1. The van der Waals surface area contributed by atoms with E-state index in [1.807, 2.05) is 13.0 Å². The van der Waals surface area contributed by atoms with Crippen molar-refractivity contribution in [3.63, 3.8) is 0 Å². The topological polar surface area (TPSA) is 89.3 Å². The summed E-state index contributed by atoms with van der Waals surface area (Å²) in [4.78, 5) is 21.0. The van der Waals surface area contributed by atoms with E-state index in [9.17, 15) is 18.0 Å². The highest BCUT2D eigenvalue weighted by molar-refractivity contribution is 5.78. The maximum Gasteiger partial charge on any atom is 0.573 e. The normalized spacial score (nSPS) is 19.6. The number of carboxylic acid groups (broad SMARTS) is 1. The van der Waals surface area contributed by atoms with Gasteiger partial charge in [-0.25, -0.2) is 9.97 Å². The molecule has 10 heteroatoms. The zero-order valence-electron chi connectivity index (χ0n) is 21.5. The van der Waals surface area contributed by atoms with Crippen LogP contribution in [0.1, 0.15) is 70.7 Å². The molecule has 200 valence electrons. The molecule has 0 radical (unpaired) electrons. The van der Waals surface area contributed by atoms with Gasteiger partial charge in [0.1, 0.15) is 11.3 Å². The van der Waals surface area contributed by atoms with Gasteiger partial charge in [0, 0.05) is 23.8 Å². The number of hydrogen-bond acceptors (Lipinski definition) is 5. The number of nitrogens with zero attached hydrogens (tertiary/aromatic N) is 3. The van der Waals surface area contributed by atoms with Gasteiger partial charge in [0.05, 0.1) is 0 Å². The molecule has 0 spiro atoms. The molecule has 37 heavy (non-hydrogen) atoms. The van der Waals surface area contributed by atoms with Gasteiger partial charge in [0.2, 0.25) is 5.95 Å². The number of aryl methyl sites for hydroxylation is 2. The van der Waals surface area contributed by atoms with E-state index in [1.54, 1.807) is 0 Å². The van der Waals surface area contributed by atoms with Crippen LogP contribution in [0.15, 0.2) is 30.3 Å². The first-order chi connectivity index (χ1) is 17.3. The van der Waals surface area contributed by atoms with Crippen molar-refractivity contribution in [2.24, 2.45) is 11.3 Å². The Labute approximate surface area is 214 Å². The Bertz CT molecular complexity index is 1270. The number of halogens is 3. The zero-order valence-corrected chi connectivity index (χ0v) is 21.5. The molecule has 2 heterocycles. The number of pyridine rings is 1. The molecule has 2 atom stereocenters. The molecule has 0 amide bonds. The van der Waals surface area contributed by atoms with Crippen molar-refractivity contribution in [1.82, 2.24) is 14.5 Å². The monoisotopic (exact) mass is 518 g/mol. The van der Waals surface area contributed by atoms with E-state index < -0.39 is 12.3 Å². The molecular weight excluding hydrogens is 485 g/mol. The number of benzene rings is 1. The summed E-state index contributed by atoms with van der Waals surface area (Å²) in [6.07, 6.45) is -0.726. The van der Waals surface area contributed by atoms with Crippen molar-refractivity contribution in [3.05, 3.63) is 41.6 Å². The summed E-state index contributed by atoms with van der Waals surface area (Å²) in [7, 11) is 0. The molecule has 1 fully saturated rings. The van der Waals surface area contributed by atoms with Crippen LogP contribution in [-0.2, 0) is 17.6 Å². The zero-order chi connectivity index (χ0) is 27.0. The minimum absolute atomic E-state index is 0.00662. The second-order valence-electron chi connectivity index (χ2n) is 10.8. The molecule has 2 N–H and O–H groups in total. The molecule has 2 aromatic heterocycles. The fourth-order valence-corrected chi connectivity index (χ4v) is 5.66. The molecule has 4 rings (SSSR count). The minimum Gasteiger partial charge on any atom is -0.481 e. The van der Waals surface area contributed by atoms with Crippen LogP contribution >= 0.6 is 0 Å². The summed E-state index contributed by atoms with van der Waals surface area (Å²) < 4.78 is 43.8. The smallest absolute Gasteiger partial charge is 0.481 e. The quantitative estimate of drug-likeness (QED) is 0.332. The van der Waals surface area contributed by atoms with Gasteiger partial charge in [-0.3, -0.25) is 9.36 Å². The average molecular weight is 519 g/mol. The average Bonchev–Trinajstić information content (AvgIpc) is 3.12. The third-order valence-electron chi connectivity index (χ3n) is 6.85. The molecule has 0 bridgehead atoms. The molecule has 0 aliphatic heterocycles. The lowest BCUT2D eigenvalue weighted by atomic mass is 9.70. The van der Waals surface area contributed by atoms with Crippen molar-refractivity contribution < 1.29 is 27.8 Å². The lowest BCUT2D eigenvalue weighted by molar-refractivity contribution is -0.274. The van der Waals surface area contributed by atoms with Crippen LogP contribution in [0.3, 0.4) is 0 Å². The van der Waals surface area contributed by atoms with Crippen LogP contribution in [0, 0.1) is 11.3 Å². The number of fused-ring (bicyclic) bond motifs is 1. The van der Waals surface area contributed by atoms with Gasteiger partial charge in [-0.05, 0) is 79.3 Å². The molecule has 0 saturated heterocycles. The third kappa shape index (κ3) is 6.53. The van der Waals surface area contributed by atoms with Crippen molar-refractivity contribution in [3.8, 4) is 5.75 Å². The number of anilines is 2. The first-order valence-corrected chi connectivity index (χ1v) is 12.6. The summed E-state index contributed by atoms with van der Waals surface area (Å²) in [6, 6.07) is 7.59. The van der Waals surface area contributed by atoms with Crippen LogP contribution in [0.2, 0.25) is 0 Å². The number of aliphatic carboxylic acids is 1. The fraction of sp³-hybridized carbons (Fsp3) is 0.519. The highest BCUT2D eigenvalue weighted by atomic mass is 19.4. The Kier molecular flexibility index (Phi) is 7.39. The van der Waals surface area contributed by atoms with E-state index in [1.165, 1.54) is 24.3 Å².